The fourth-order valence-corrected chi connectivity index (χ4v) is 4.81. The molecule has 0 radical (unpaired) electrons. The largest absolute Gasteiger partial charge is 0.493 e. The molecule has 4 rings (SSSR count). The molecule has 0 saturated heterocycles. The molecule has 3 aromatic carbocycles. The summed E-state index contributed by atoms with van der Waals surface area (Å²) in [6.45, 7) is 6.29. The van der Waals surface area contributed by atoms with Crippen LogP contribution in [0, 0.1) is 0 Å². The Hall–Kier alpha value is -4.20. The maximum absolute atomic E-state index is 13.0. The smallest absolute Gasteiger partial charge is 0.251 e. The van der Waals surface area contributed by atoms with E-state index >= 15 is 0 Å². The fourth-order valence-electron chi connectivity index (χ4n) is 4.81. The molecule has 0 atom stereocenters. The van der Waals surface area contributed by atoms with E-state index in [4.69, 9.17) is 23.9 Å². The Balaban J connectivity index is 1.37. The van der Waals surface area contributed by atoms with Crippen LogP contribution in [0.2, 0.25) is 0 Å². The van der Waals surface area contributed by atoms with Crippen molar-refractivity contribution in [3.8, 4) is 23.0 Å². The number of carbonyl (C=O) groups is 1. The molecule has 0 spiro atoms. The number of aromatic nitrogens is 2. The monoisotopic (exact) mass is 545 g/mol. The van der Waals surface area contributed by atoms with E-state index in [0.29, 0.717) is 48.3 Å². The highest BCUT2D eigenvalue weighted by Gasteiger charge is 2.17. The lowest BCUT2D eigenvalue weighted by atomic mass is 10.0. The minimum absolute atomic E-state index is 0.222. The van der Waals surface area contributed by atoms with Gasteiger partial charge in [0.15, 0.2) is 11.5 Å². The molecular weight excluding hydrogens is 506 g/mol. The SMILES string of the molecule is COc1cc(C(=O)NCCc2nc3ccccc3n2CCCCOc2ccccc2C(C)C)cc(OC)c1OC. The third-order valence-electron chi connectivity index (χ3n) is 6.87. The van der Waals surface area contributed by atoms with E-state index < -0.39 is 0 Å². The third-order valence-corrected chi connectivity index (χ3v) is 6.87. The Bertz CT molecular complexity index is 1400. The first kappa shape index (κ1) is 28.8. The maximum atomic E-state index is 13.0. The molecule has 40 heavy (non-hydrogen) atoms. The summed E-state index contributed by atoms with van der Waals surface area (Å²) in [5, 5.41) is 3.00. The Morgan fingerprint density at radius 1 is 0.900 bits per heavy atom. The number of hydrogen-bond acceptors (Lipinski definition) is 6. The van der Waals surface area contributed by atoms with Crippen molar-refractivity contribution in [2.75, 3.05) is 34.5 Å². The van der Waals surface area contributed by atoms with Crippen LogP contribution in [-0.4, -0.2) is 49.9 Å². The number of imidazole rings is 1. The molecule has 8 heteroatoms. The van der Waals surface area contributed by atoms with Gasteiger partial charge in [0.1, 0.15) is 11.6 Å². The quantitative estimate of drug-likeness (QED) is 0.195. The van der Waals surface area contributed by atoms with Crippen LogP contribution in [0.1, 0.15) is 54.4 Å². The van der Waals surface area contributed by atoms with Crippen LogP contribution >= 0.6 is 0 Å². The molecule has 0 unspecified atom stereocenters. The molecule has 0 aliphatic rings. The highest BCUT2D eigenvalue weighted by Crippen LogP contribution is 2.38. The number of amides is 1. The second kappa shape index (κ2) is 13.7. The lowest BCUT2D eigenvalue weighted by Crippen LogP contribution is -2.26. The van der Waals surface area contributed by atoms with Gasteiger partial charge in [-0.2, -0.15) is 0 Å². The van der Waals surface area contributed by atoms with Gasteiger partial charge in [0.05, 0.1) is 39.0 Å². The molecule has 1 amide bonds. The van der Waals surface area contributed by atoms with E-state index in [1.807, 2.05) is 30.3 Å². The molecule has 8 nitrogen and oxygen atoms in total. The normalized spacial score (nSPS) is 11.1. The van der Waals surface area contributed by atoms with E-state index in [2.05, 4.69) is 41.9 Å². The zero-order chi connectivity index (χ0) is 28.5. The standard InChI is InChI=1S/C32H39N3O5/c1-22(2)24-12-6-9-15-27(24)40-19-11-10-18-35-26-14-8-7-13-25(26)34-30(35)16-17-33-32(36)23-20-28(37-3)31(39-5)29(21-23)38-4/h6-9,12-15,20-22H,10-11,16-19H2,1-5H3,(H,33,36). The number of para-hydroxylation sites is 3. The first-order valence-electron chi connectivity index (χ1n) is 13.7. The molecule has 0 fully saturated rings. The van der Waals surface area contributed by atoms with Crippen LogP contribution in [-0.2, 0) is 13.0 Å². The van der Waals surface area contributed by atoms with Crippen molar-refractivity contribution >= 4 is 16.9 Å². The number of nitrogens with one attached hydrogen (secondary N) is 1. The van der Waals surface area contributed by atoms with E-state index in [9.17, 15) is 4.79 Å². The molecule has 0 saturated carbocycles. The molecule has 0 aliphatic carbocycles. The predicted molar refractivity (Wildman–Crippen MR) is 157 cm³/mol. The van der Waals surface area contributed by atoms with Gasteiger partial charge in [-0.3, -0.25) is 4.79 Å². The summed E-state index contributed by atoms with van der Waals surface area (Å²) in [6.07, 6.45) is 2.48. The second-order valence-corrected chi connectivity index (χ2v) is 9.84. The number of carbonyl (C=O) groups excluding carboxylic acids is 1. The zero-order valence-corrected chi connectivity index (χ0v) is 24.0. The van der Waals surface area contributed by atoms with E-state index in [0.717, 1.165) is 42.0 Å². The van der Waals surface area contributed by atoms with Crippen molar-refractivity contribution in [2.45, 2.75) is 45.6 Å². The lowest BCUT2D eigenvalue weighted by Gasteiger charge is -2.15. The van der Waals surface area contributed by atoms with Crippen LogP contribution in [0.3, 0.4) is 0 Å². The summed E-state index contributed by atoms with van der Waals surface area (Å²) < 4.78 is 24.5. The number of rotatable bonds is 14. The van der Waals surface area contributed by atoms with E-state index in [-0.39, 0.29) is 5.91 Å². The van der Waals surface area contributed by atoms with Gasteiger partial charge in [-0.25, -0.2) is 4.98 Å². The van der Waals surface area contributed by atoms with Crippen molar-refractivity contribution in [1.29, 1.82) is 0 Å². The number of nitrogens with zero attached hydrogens (tertiary/aromatic N) is 2. The van der Waals surface area contributed by atoms with Gasteiger partial charge in [-0.1, -0.05) is 44.2 Å². The molecular formula is C32H39N3O5. The van der Waals surface area contributed by atoms with Crippen molar-refractivity contribution in [3.63, 3.8) is 0 Å². The van der Waals surface area contributed by atoms with Crippen molar-refractivity contribution in [1.82, 2.24) is 14.9 Å². The minimum Gasteiger partial charge on any atom is -0.493 e. The summed E-state index contributed by atoms with van der Waals surface area (Å²) in [4.78, 5) is 17.8. The van der Waals surface area contributed by atoms with Crippen LogP contribution in [0.25, 0.3) is 11.0 Å². The molecule has 0 bridgehead atoms. The van der Waals surface area contributed by atoms with Crippen LogP contribution < -0.4 is 24.3 Å². The molecule has 4 aromatic rings. The third kappa shape index (κ3) is 6.68. The Morgan fingerprint density at radius 3 is 2.30 bits per heavy atom. The predicted octanol–water partition coefficient (Wildman–Crippen LogP) is 6.02. The van der Waals surface area contributed by atoms with Gasteiger partial charge in [0.2, 0.25) is 5.75 Å². The zero-order valence-electron chi connectivity index (χ0n) is 24.0. The molecule has 1 aromatic heterocycles. The summed E-state index contributed by atoms with van der Waals surface area (Å²) in [6, 6.07) is 19.7. The Labute approximate surface area is 236 Å². The number of fused-ring (bicyclic) bond motifs is 1. The molecule has 1 N–H and O–H groups in total. The number of unbranched alkanes of at least 4 members (excludes halogenated alkanes) is 1. The maximum Gasteiger partial charge on any atom is 0.251 e. The van der Waals surface area contributed by atoms with E-state index in [1.54, 1.807) is 12.1 Å². The first-order chi connectivity index (χ1) is 19.5. The summed E-state index contributed by atoms with van der Waals surface area (Å²) in [5.74, 6) is 3.43. The van der Waals surface area contributed by atoms with Gasteiger partial charge in [-0.15, -0.1) is 0 Å². The number of ether oxygens (including phenoxy) is 4. The van der Waals surface area contributed by atoms with Gasteiger partial charge in [-0.05, 0) is 54.7 Å². The fraction of sp³-hybridized carbons (Fsp3) is 0.375. The Morgan fingerprint density at radius 2 is 1.60 bits per heavy atom. The number of benzene rings is 3. The minimum atomic E-state index is -0.222. The summed E-state index contributed by atoms with van der Waals surface area (Å²) in [7, 11) is 4.59. The Kier molecular flexibility index (Phi) is 9.89. The number of aryl methyl sites for hydroxylation is 1. The number of hydrogen-bond donors (Lipinski definition) is 1. The molecule has 212 valence electrons. The van der Waals surface area contributed by atoms with Crippen LogP contribution in [0.15, 0.2) is 60.7 Å². The van der Waals surface area contributed by atoms with Crippen molar-refractivity contribution < 1.29 is 23.7 Å². The van der Waals surface area contributed by atoms with Crippen molar-refractivity contribution in [2.24, 2.45) is 0 Å². The van der Waals surface area contributed by atoms with Gasteiger partial charge < -0.3 is 28.8 Å². The second-order valence-electron chi connectivity index (χ2n) is 9.84. The van der Waals surface area contributed by atoms with Gasteiger partial charge in [0.25, 0.3) is 5.91 Å². The van der Waals surface area contributed by atoms with Gasteiger partial charge in [0, 0.05) is 25.1 Å². The highest BCUT2D eigenvalue weighted by atomic mass is 16.5. The van der Waals surface area contributed by atoms with Crippen LogP contribution in [0.5, 0.6) is 23.0 Å². The van der Waals surface area contributed by atoms with Crippen molar-refractivity contribution in [3.05, 3.63) is 77.6 Å². The highest BCUT2D eigenvalue weighted by molar-refractivity contribution is 5.95. The number of methoxy groups -OCH3 is 3. The average molecular weight is 546 g/mol. The van der Waals surface area contributed by atoms with E-state index in [1.165, 1.54) is 26.9 Å². The van der Waals surface area contributed by atoms with Gasteiger partial charge >= 0.3 is 0 Å². The topological polar surface area (TPSA) is 83.8 Å². The average Bonchev–Trinajstić information content (AvgIpc) is 3.33. The first-order valence-corrected chi connectivity index (χ1v) is 13.7. The molecule has 0 aliphatic heterocycles. The summed E-state index contributed by atoms with van der Waals surface area (Å²) >= 11 is 0. The van der Waals surface area contributed by atoms with Crippen LogP contribution in [0.4, 0.5) is 0 Å². The molecule has 1 heterocycles. The summed E-state index contributed by atoms with van der Waals surface area (Å²) in [5.41, 5.74) is 3.72. The lowest BCUT2D eigenvalue weighted by molar-refractivity contribution is 0.0953.